The van der Waals surface area contributed by atoms with Gasteiger partial charge in [0.1, 0.15) is 5.76 Å². The van der Waals surface area contributed by atoms with Crippen LogP contribution in [0.3, 0.4) is 0 Å². The topological polar surface area (TPSA) is 55.1 Å². The number of anilines is 1. The zero-order chi connectivity index (χ0) is 16.5. The fraction of sp³-hybridized carbons (Fsp3) is 0.286. The number of nitrogens with zero attached hydrogens (tertiary/aromatic N) is 1. The van der Waals surface area contributed by atoms with Crippen LogP contribution in [0.2, 0.25) is 5.02 Å². The minimum absolute atomic E-state index is 0.0592. The molecule has 0 saturated carbocycles. The van der Waals surface area contributed by atoms with Gasteiger partial charge < -0.3 is 9.84 Å². The molecule has 4 nitrogen and oxygen atoms in total. The molecule has 2 rings (SSSR count). The Morgan fingerprint density at radius 1 is 1.36 bits per heavy atom. The molecular formula is C14H12ClF3N2O2. The van der Waals surface area contributed by atoms with Crippen molar-refractivity contribution in [2.75, 3.05) is 5.32 Å². The Bertz CT molecular complexity index is 691. The van der Waals surface area contributed by atoms with Gasteiger partial charge in [-0.05, 0) is 32.0 Å². The van der Waals surface area contributed by atoms with Crippen LogP contribution in [-0.4, -0.2) is 11.1 Å². The summed E-state index contributed by atoms with van der Waals surface area (Å²) < 4.78 is 43.8. The number of nitrogens with one attached hydrogen (secondary N) is 1. The Morgan fingerprint density at radius 3 is 2.59 bits per heavy atom. The molecule has 0 fully saturated rings. The van der Waals surface area contributed by atoms with Gasteiger partial charge in [0.15, 0.2) is 0 Å². The largest absolute Gasteiger partial charge is 0.418 e. The van der Waals surface area contributed by atoms with E-state index in [2.05, 4.69) is 10.5 Å². The quantitative estimate of drug-likeness (QED) is 0.918. The van der Waals surface area contributed by atoms with Gasteiger partial charge in [0.05, 0.1) is 23.4 Å². The zero-order valence-electron chi connectivity index (χ0n) is 11.7. The lowest BCUT2D eigenvalue weighted by Crippen LogP contribution is -2.18. The molecule has 0 aliphatic carbocycles. The van der Waals surface area contributed by atoms with Crippen LogP contribution in [0.25, 0.3) is 0 Å². The highest BCUT2D eigenvalue weighted by Gasteiger charge is 2.34. The van der Waals surface area contributed by atoms with Gasteiger partial charge in [0.2, 0.25) is 5.91 Å². The summed E-state index contributed by atoms with van der Waals surface area (Å²) in [4.78, 5) is 12.0. The van der Waals surface area contributed by atoms with Crippen molar-refractivity contribution in [3.8, 4) is 0 Å². The van der Waals surface area contributed by atoms with Crippen molar-refractivity contribution in [2.24, 2.45) is 0 Å². The van der Waals surface area contributed by atoms with Gasteiger partial charge in [-0.3, -0.25) is 4.79 Å². The average molecular weight is 333 g/mol. The average Bonchev–Trinajstić information content (AvgIpc) is 2.71. The summed E-state index contributed by atoms with van der Waals surface area (Å²) in [6, 6.07) is 3.17. The zero-order valence-corrected chi connectivity index (χ0v) is 12.5. The van der Waals surface area contributed by atoms with Crippen molar-refractivity contribution < 1.29 is 22.5 Å². The van der Waals surface area contributed by atoms with E-state index in [1.165, 1.54) is 6.07 Å². The molecule has 2 aromatic rings. The highest BCUT2D eigenvalue weighted by Crippen LogP contribution is 2.36. The number of amides is 1. The summed E-state index contributed by atoms with van der Waals surface area (Å²) in [6.07, 6.45) is -4.74. The third kappa shape index (κ3) is 3.59. The van der Waals surface area contributed by atoms with Crippen molar-refractivity contribution in [3.05, 3.63) is 45.8 Å². The van der Waals surface area contributed by atoms with Gasteiger partial charge in [-0.15, -0.1) is 0 Å². The number of hydrogen-bond donors (Lipinski definition) is 1. The van der Waals surface area contributed by atoms with Crippen molar-refractivity contribution in [1.29, 1.82) is 0 Å². The second-order valence-electron chi connectivity index (χ2n) is 4.72. The van der Waals surface area contributed by atoms with E-state index in [-0.39, 0.29) is 17.1 Å². The Balaban J connectivity index is 2.22. The number of hydrogen-bond acceptors (Lipinski definition) is 3. The monoisotopic (exact) mass is 332 g/mol. The number of alkyl halides is 3. The van der Waals surface area contributed by atoms with E-state index >= 15 is 0 Å². The molecule has 0 radical (unpaired) electrons. The molecule has 1 amide bonds. The first kappa shape index (κ1) is 16.4. The molecule has 1 aromatic carbocycles. The SMILES string of the molecule is Cc1noc(C)c1CC(=O)Nc1ccc(Cl)cc1C(F)(F)F. The second kappa shape index (κ2) is 6.00. The summed E-state index contributed by atoms with van der Waals surface area (Å²) in [5.74, 6) is -0.137. The van der Waals surface area contributed by atoms with E-state index in [0.29, 0.717) is 17.0 Å². The predicted octanol–water partition coefficient (Wildman–Crippen LogP) is 4.14. The van der Waals surface area contributed by atoms with Gasteiger partial charge in [-0.1, -0.05) is 16.8 Å². The predicted molar refractivity (Wildman–Crippen MR) is 74.8 cm³/mol. The number of carbonyl (C=O) groups excluding carboxylic acids is 1. The van der Waals surface area contributed by atoms with E-state index in [4.69, 9.17) is 16.1 Å². The van der Waals surface area contributed by atoms with Gasteiger partial charge in [-0.25, -0.2) is 0 Å². The van der Waals surface area contributed by atoms with Gasteiger partial charge in [0, 0.05) is 10.6 Å². The maximum absolute atomic E-state index is 12.9. The van der Waals surface area contributed by atoms with Crippen LogP contribution in [0.5, 0.6) is 0 Å². The van der Waals surface area contributed by atoms with E-state index in [9.17, 15) is 18.0 Å². The molecule has 1 aromatic heterocycles. The molecule has 1 N–H and O–H groups in total. The minimum atomic E-state index is -4.61. The van der Waals surface area contributed by atoms with E-state index in [0.717, 1.165) is 12.1 Å². The standard InChI is InChI=1S/C14H12ClF3N2O2/c1-7-10(8(2)22-20-7)6-13(21)19-12-4-3-9(15)5-11(12)14(16,17)18/h3-5H,6H2,1-2H3,(H,19,21). The number of aromatic nitrogens is 1. The van der Waals surface area contributed by atoms with Crippen LogP contribution in [-0.2, 0) is 17.4 Å². The molecule has 0 aliphatic heterocycles. The number of aryl methyl sites for hydroxylation is 2. The Morgan fingerprint density at radius 2 is 2.05 bits per heavy atom. The van der Waals surface area contributed by atoms with Crippen LogP contribution in [0, 0.1) is 13.8 Å². The van der Waals surface area contributed by atoms with Gasteiger partial charge >= 0.3 is 6.18 Å². The van der Waals surface area contributed by atoms with Crippen LogP contribution >= 0.6 is 11.6 Å². The van der Waals surface area contributed by atoms with Gasteiger partial charge in [-0.2, -0.15) is 13.2 Å². The minimum Gasteiger partial charge on any atom is -0.361 e. The molecule has 8 heteroatoms. The van der Waals surface area contributed by atoms with Crippen molar-refractivity contribution in [2.45, 2.75) is 26.4 Å². The summed E-state index contributed by atoms with van der Waals surface area (Å²) in [5, 5.41) is 5.88. The summed E-state index contributed by atoms with van der Waals surface area (Å²) >= 11 is 5.58. The summed E-state index contributed by atoms with van der Waals surface area (Å²) in [5.41, 5.74) is -0.249. The Hall–Kier alpha value is -2.02. The summed E-state index contributed by atoms with van der Waals surface area (Å²) in [7, 11) is 0. The Labute approximate surface area is 129 Å². The first-order chi connectivity index (χ1) is 10.2. The lowest BCUT2D eigenvalue weighted by atomic mass is 10.1. The highest BCUT2D eigenvalue weighted by molar-refractivity contribution is 6.30. The lowest BCUT2D eigenvalue weighted by molar-refractivity contribution is -0.137. The molecule has 0 unspecified atom stereocenters. The molecule has 0 aliphatic rings. The number of carbonyl (C=O) groups is 1. The van der Waals surface area contributed by atoms with E-state index < -0.39 is 17.6 Å². The lowest BCUT2D eigenvalue weighted by Gasteiger charge is -2.14. The van der Waals surface area contributed by atoms with E-state index in [1.54, 1.807) is 13.8 Å². The summed E-state index contributed by atoms with van der Waals surface area (Å²) in [6.45, 7) is 3.29. The number of rotatable bonds is 3. The molecule has 0 spiro atoms. The smallest absolute Gasteiger partial charge is 0.361 e. The maximum Gasteiger partial charge on any atom is 0.418 e. The number of halogens is 4. The van der Waals surface area contributed by atoms with Crippen LogP contribution < -0.4 is 5.32 Å². The molecule has 0 bridgehead atoms. The molecule has 1 heterocycles. The normalized spacial score (nSPS) is 11.5. The highest BCUT2D eigenvalue weighted by atomic mass is 35.5. The third-order valence-corrected chi connectivity index (χ3v) is 3.31. The number of benzene rings is 1. The van der Waals surface area contributed by atoms with Crippen LogP contribution in [0.1, 0.15) is 22.6 Å². The molecule has 118 valence electrons. The van der Waals surface area contributed by atoms with Gasteiger partial charge in [0.25, 0.3) is 0 Å². The molecular weight excluding hydrogens is 321 g/mol. The van der Waals surface area contributed by atoms with Crippen LogP contribution in [0.4, 0.5) is 18.9 Å². The third-order valence-electron chi connectivity index (χ3n) is 3.08. The maximum atomic E-state index is 12.9. The first-order valence-electron chi connectivity index (χ1n) is 6.27. The van der Waals surface area contributed by atoms with Crippen LogP contribution in [0.15, 0.2) is 22.7 Å². The molecule has 0 atom stereocenters. The fourth-order valence-electron chi connectivity index (χ4n) is 1.97. The van der Waals surface area contributed by atoms with Crippen molar-refractivity contribution in [1.82, 2.24) is 5.16 Å². The second-order valence-corrected chi connectivity index (χ2v) is 5.15. The molecule has 0 saturated heterocycles. The van der Waals surface area contributed by atoms with E-state index in [1.807, 2.05) is 0 Å². The van der Waals surface area contributed by atoms with Crippen molar-refractivity contribution >= 4 is 23.2 Å². The Kier molecular flexibility index (Phi) is 4.46. The van der Waals surface area contributed by atoms with Crippen molar-refractivity contribution in [3.63, 3.8) is 0 Å². The molecule has 22 heavy (non-hydrogen) atoms. The first-order valence-corrected chi connectivity index (χ1v) is 6.64. The fourth-order valence-corrected chi connectivity index (χ4v) is 2.14.